The van der Waals surface area contributed by atoms with Crippen LogP contribution in [0, 0.1) is 12.8 Å². The van der Waals surface area contributed by atoms with Gasteiger partial charge in [0.25, 0.3) is 0 Å². The third-order valence-electron chi connectivity index (χ3n) is 5.11. The van der Waals surface area contributed by atoms with E-state index in [2.05, 4.69) is 25.4 Å². The largest absolute Gasteiger partial charge is 0.447 e. The number of carbonyl (C=O) groups excluding carboxylic acids is 1. The van der Waals surface area contributed by atoms with Gasteiger partial charge < -0.3 is 14.6 Å². The van der Waals surface area contributed by atoms with E-state index in [0.717, 1.165) is 11.1 Å². The van der Waals surface area contributed by atoms with Crippen molar-refractivity contribution >= 4 is 17.9 Å². The van der Waals surface area contributed by atoms with Gasteiger partial charge in [0, 0.05) is 11.8 Å². The van der Waals surface area contributed by atoms with Crippen LogP contribution in [-0.4, -0.2) is 38.9 Å². The van der Waals surface area contributed by atoms with E-state index in [9.17, 15) is 4.79 Å². The van der Waals surface area contributed by atoms with E-state index in [-0.39, 0.29) is 18.0 Å². The van der Waals surface area contributed by atoms with Crippen molar-refractivity contribution in [3.63, 3.8) is 0 Å². The number of aromatic nitrogens is 4. The SMILES string of the molecule is Cc1ccccc1-c1noc([C@H](C)Nc2nccc(N3C(=O)OC[C@@H]3C(C)C)n2)n1. The number of hydrogen-bond donors (Lipinski definition) is 1. The van der Waals surface area contributed by atoms with Crippen molar-refractivity contribution in [1.29, 1.82) is 0 Å². The van der Waals surface area contributed by atoms with Gasteiger partial charge in [0.15, 0.2) is 0 Å². The number of nitrogens with one attached hydrogen (secondary N) is 1. The zero-order valence-electron chi connectivity index (χ0n) is 17.4. The topological polar surface area (TPSA) is 106 Å². The van der Waals surface area contributed by atoms with E-state index in [1.54, 1.807) is 17.2 Å². The zero-order chi connectivity index (χ0) is 21.3. The highest BCUT2D eigenvalue weighted by atomic mass is 16.6. The van der Waals surface area contributed by atoms with E-state index in [1.165, 1.54) is 0 Å². The molecule has 0 aliphatic carbocycles. The van der Waals surface area contributed by atoms with Gasteiger partial charge in [-0.25, -0.2) is 9.78 Å². The number of carbonyl (C=O) groups is 1. The van der Waals surface area contributed by atoms with Crippen LogP contribution in [0.25, 0.3) is 11.4 Å². The number of amides is 1. The van der Waals surface area contributed by atoms with Gasteiger partial charge in [-0.2, -0.15) is 9.97 Å². The average Bonchev–Trinajstić information content (AvgIpc) is 3.36. The molecule has 2 aromatic heterocycles. The Labute approximate surface area is 174 Å². The van der Waals surface area contributed by atoms with Gasteiger partial charge >= 0.3 is 6.09 Å². The molecule has 3 aromatic rings. The minimum absolute atomic E-state index is 0.0646. The van der Waals surface area contributed by atoms with Crippen molar-refractivity contribution in [3.8, 4) is 11.4 Å². The Morgan fingerprint density at radius 3 is 2.73 bits per heavy atom. The quantitative estimate of drug-likeness (QED) is 0.652. The summed E-state index contributed by atoms with van der Waals surface area (Å²) >= 11 is 0. The van der Waals surface area contributed by atoms with Crippen LogP contribution >= 0.6 is 0 Å². The molecule has 156 valence electrons. The van der Waals surface area contributed by atoms with Crippen LogP contribution < -0.4 is 10.2 Å². The normalized spacial score (nSPS) is 17.3. The average molecular weight is 408 g/mol. The lowest BCUT2D eigenvalue weighted by Crippen LogP contribution is -2.37. The minimum Gasteiger partial charge on any atom is -0.447 e. The third kappa shape index (κ3) is 3.83. The van der Waals surface area contributed by atoms with Gasteiger partial charge in [0.05, 0.1) is 6.04 Å². The number of ether oxygens (including phenoxy) is 1. The molecule has 0 saturated carbocycles. The predicted octanol–water partition coefficient (Wildman–Crippen LogP) is 3.99. The summed E-state index contributed by atoms with van der Waals surface area (Å²) in [5.74, 6) is 2.04. The molecule has 1 aromatic carbocycles. The summed E-state index contributed by atoms with van der Waals surface area (Å²) in [6, 6.07) is 9.17. The Kier molecular flexibility index (Phi) is 5.35. The molecule has 1 amide bonds. The summed E-state index contributed by atoms with van der Waals surface area (Å²) in [5.41, 5.74) is 1.99. The fourth-order valence-electron chi connectivity index (χ4n) is 3.34. The van der Waals surface area contributed by atoms with Gasteiger partial charge in [-0.3, -0.25) is 4.90 Å². The number of hydrogen-bond acceptors (Lipinski definition) is 8. The van der Waals surface area contributed by atoms with Gasteiger partial charge in [0.1, 0.15) is 18.5 Å². The maximum Gasteiger partial charge on any atom is 0.415 e. The Balaban J connectivity index is 1.52. The highest BCUT2D eigenvalue weighted by Gasteiger charge is 2.37. The molecule has 1 fully saturated rings. The highest BCUT2D eigenvalue weighted by molar-refractivity contribution is 5.89. The maximum atomic E-state index is 12.2. The van der Waals surface area contributed by atoms with Crippen LogP contribution in [0.1, 0.15) is 38.3 Å². The molecule has 0 spiro atoms. The van der Waals surface area contributed by atoms with Gasteiger partial charge in [-0.1, -0.05) is 43.3 Å². The lowest BCUT2D eigenvalue weighted by atomic mass is 10.0. The van der Waals surface area contributed by atoms with Crippen LogP contribution in [0.2, 0.25) is 0 Å². The second kappa shape index (κ2) is 8.10. The molecule has 0 bridgehead atoms. The Morgan fingerprint density at radius 2 is 1.97 bits per heavy atom. The van der Waals surface area contributed by atoms with Crippen LogP contribution in [0.4, 0.5) is 16.6 Å². The summed E-state index contributed by atoms with van der Waals surface area (Å²) in [4.78, 5) is 27.0. The van der Waals surface area contributed by atoms with Crippen LogP contribution in [0.5, 0.6) is 0 Å². The molecule has 3 heterocycles. The maximum absolute atomic E-state index is 12.2. The second-order valence-corrected chi connectivity index (χ2v) is 7.63. The summed E-state index contributed by atoms with van der Waals surface area (Å²) in [6.45, 7) is 8.32. The third-order valence-corrected chi connectivity index (χ3v) is 5.11. The number of rotatable bonds is 6. The molecule has 30 heavy (non-hydrogen) atoms. The molecule has 0 unspecified atom stereocenters. The standard InChI is InChI=1S/C21H24N6O3/c1-12(2)16-11-29-21(28)27(16)17-9-10-22-20(24-17)23-14(4)19-25-18(26-30-19)15-8-6-5-7-13(15)3/h5-10,12,14,16H,11H2,1-4H3,(H,22,23,24)/t14-,16+/m0/s1. The molecule has 2 atom stereocenters. The van der Waals surface area contributed by atoms with E-state index >= 15 is 0 Å². The van der Waals surface area contributed by atoms with Crippen molar-refractivity contribution in [2.24, 2.45) is 5.92 Å². The first-order chi connectivity index (χ1) is 14.4. The predicted molar refractivity (Wildman–Crippen MR) is 111 cm³/mol. The van der Waals surface area contributed by atoms with Crippen molar-refractivity contribution in [2.45, 2.75) is 39.8 Å². The molecule has 1 aliphatic rings. The van der Waals surface area contributed by atoms with E-state index in [1.807, 2.05) is 52.0 Å². The molecule has 1 saturated heterocycles. The number of anilines is 2. The monoisotopic (exact) mass is 408 g/mol. The lowest BCUT2D eigenvalue weighted by molar-refractivity contribution is 0.177. The molecule has 4 rings (SSSR count). The molecule has 0 radical (unpaired) electrons. The molecular formula is C21H24N6O3. The van der Waals surface area contributed by atoms with Crippen LogP contribution in [0.3, 0.4) is 0 Å². The Hall–Kier alpha value is -3.49. The summed E-state index contributed by atoms with van der Waals surface area (Å²) in [5, 5.41) is 7.26. The summed E-state index contributed by atoms with van der Waals surface area (Å²) in [7, 11) is 0. The highest BCUT2D eigenvalue weighted by Crippen LogP contribution is 2.27. The first-order valence-electron chi connectivity index (χ1n) is 9.89. The number of nitrogens with zero attached hydrogens (tertiary/aromatic N) is 5. The zero-order valence-corrected chi connectivity index (χ0v) is 17.4. The van der Waals surface area contributed by atoms with E-state index < -0.39 is 6.09 Å². The van der Waals surface area contributed by atoms with Gasteiger partial charge in [0.2, 0.25) is 17.7 Å². The van der Waals surface area contributed by atoms with Crippen molar-refractivity contribution in [2.75, 3.05) is 16.8 Å². The molecule has 9 heteroatoms. The molecule has 1 N–H and O–H groups in total. The first kappa shape index (κ1) is 19.8. The Morgan fingerprint density at radius 1 is 1.17 bits per heavy atom. The number of benzene rings is 1. The van der Waals surface area contributed by atoms with Crippen molar-refractivity contribution < 1.29 is 14.1 Å². The van der Waals surface area contributed by atoms with Crippen LogP contribution in [-0.2, 0) is 4.74 Å². The summed E-state index contributed by atoms with van der Waals surface area (Å²) in [6.07, 6.45) is 1.21. The van der Waals surface area contributed by atoms with Crippen molar-refractivity contribution in [1.82, 2.24) is 20.1 Å². The molecule has 1 aliphatic heterocycles. The number of aryl methyl sites for hydroxylation is 1. The smallest absolute Gasteiger partial charge is 0.415 e. The van der Waals surface area contributed by atoms with Gasteiger partial charge in [-0.15, -0.1) is 0 Å². The van der Waals surface area contributed by atoms with E-state index in [0.29, 0.717) is 30.1 Å². The minimum atomic E-state index is -0.397. The van der Waals surface area contributed by atoms with Gasteiger partial charge in [-0.05, 0) is 31.4 Å². The lowest BCUT2D eigenvalue weighted by Gasteiger charge is -2.23. The summed E-state index contributed by atoms with van der Waals surface area (Å²) < 4.78 is 10.7. The molecular weight excluding hydrogens is 384 g/mol. The Bertz CT molecular complexity index is 1050. The molecule has 9 nitrogen and oxygen atoms in total. The fourth-order valence-corrected chi connectivity index (χ4v) is 3.34. The number of cyclic esters (lactones) is 1. The fraction of sp³-hybridized carbons (Fsp3) is 0.381. The van der Waals surface area contributed by atoms with E-state index in [4.69, 9.17) is 9.26 Å². The van der Waals surface area contributed by atoms with Crippen LogP contribution in [0.15, 0.2) is 41.1 Å². The van der Waals surface area contributed by atoms with Crippen molar-refractivity contribution in [3.05, 3.63) is 48.0 Å². The second-order valence-electron chi connectivity index (χ2n) is 7.63. The first-order valence-corrected chi connectivity index (χ1v) is 9.89.